The summed E-state index contributed by atoms with van der Waals surface area (Å²) in [4.78, 5) is 16.1. The van der Waals surface area contributed by atoms with Crippen molar-refractivity contribution in [3.8, 4) is 34.3 Å². The van der Waals surface area contributed by atoms with Crippen molar-refractivity contribution in [1.29, 1.82) is 0 Å². The number of hydrogen-bond acceptors (Lipinski definition) is 9. The van der Waals surface area contributed by atoms with Crippen molar-refractivity contribution in [2.24, 2.45) is 0 Å². The quantitative estimate of drug-likeness (QED) is 0.355. The average Bonchev–Trinajstić information content (AvgIpc) is 3.50. The molecular weight excluding hydrogens is 448 g/mol. The second kappa shape index (κ2) is 9.29. The van der Waals surface area contributed by atoms with Gasteiger partial charge in [-0.1, -0.05) is 48.5 Å². The molecule has 0 aliphatic heterocycles. The highest BCUT2D eigenvalue weighted by Crippen LogP contribution is 2.32. The number of hydrogen-bond donors (Lipinski definition) is 1. The minimum atomic E-state index is -0.492. The van der Waals surface area contributed by atoms with Crippen LogP contribution in [0.15, 0.2) is 48.5 Å². The van der Waals surface area contributed by atoms with Crippen molar-refractivity contribution in [3.05, 3.63) is 59.9 Å². The Morgan fingerprint density at radius 3 is 2.43 bits per heavy atom. The van der Waals surface area contributed by atoms with Crippen LogP contribution < -0.4 is 9.47 Å². The van der Waals surface area contributed by atoms with Gasteiger partial charge in [0.1, 0.15) is 11.3 Å². The fourth-order valence-corrected chi connectivity index (χ4v) is 3.93. The Bertz CT molecular complexity index is 1490. The molecule has 3 heterocycles. The summed E-state index contributed by atoms with van der Waals surface area (Å²) in [6.07, 6.45) is 0. The van der Waals surface area contributed by atoms with Crippen LogP contribution in [0, 0.1) is 6.92 Å². The number of tetrazole rings is 1. The molecule has 35 heavy (non-hydrogen) atoms. The number of benzene rings is 2. The van der Waals surface area contributed by atoms with E-state index in [2.05, 4.69) is 60.1 Å². The third-order valence-electron chi connectivity index (χ3n) is 5.44. The predicted octanol–water partition coefficient (Wildman–Crippen LogP) is 3.35. The molecule has 0 aliphatic rings. The topological polar surface area (TPSA) is 134 Å². The van der Waals surface area contributed by atoms with Gasteiger partial charge in [0.2, 0.25) is 5.82 Å². The third-order valence-corrected chi connectivity index (χ3v) is 5.44. The second-order valence-electron chi connectivity index (χ2n) is 7.76. The molecule has 176 valence electrons. The maximum atomic E-state index is 11.5. The molecule has 0 spiro atoms. The number of ether oxygens (including phenoxy) is 2. The second-order valence-corrected chi connectivity index (χ2v) is 7.76. The number of nitrogens with zero attached hydrogens (tertiary/aromatic N) is 7. The molecule has 0 unspecified atom stereocenters. The van der Waals surface area contributed by atoms with E-state index in [0.717, 1.165) is 28.1 Å². The predicted molar refractivity (Wildman–Crippen MR) is 127 cm³/mol. The van der Waals surface area contributed by atoms with Gasteiger partial charge < -0.3 is 14.0 Å². The zero-order valence-corrected chi connectivity index (χ0v) is 19.4. The first-order valence-electron chi connectivity index (χ1n) is 11.0. The van der Waals surface area contributed by atoms with E-state index in [9.17, 15) is 4.79 Å². The van der Waals surface area contributed by atoms with E-state index in [1.807, 2.05) is 42.7 Å². The first kappa shape index (κ1) is 22.1. The molecule has 3 aromatic heterocycles. The third kappa shape index (κ3) is 4.31. The number of carbonyl (C=O) groups excluding carboxylic acids is 1. The SMILES string of the molecule is CCOc1nnc(OC(C)=O)c2nc(C)n(Cc3ccc(-c4ccccc4-c4nn[nH]n4)cc3)c12. The summed E-state index contributed by atoms with van der Waals surface area (Å²) < 4.78 is 12.9. The lowest BCUT2D eigenvalue weighted by molar-refractivity contribution is -0.132. The zero-order chi connectivity index (χ0) is 24.4. The molecule has 11 nitrogen and oxygen atoms in total. The fraction of sp³-hybridized carbons (Fsp3) is 0.208. The van der Waals surface area contributed by atoms with Gasteiger partial charge in [0.25, 0.3) is 11.8 Å². The largest absolute Gasteiger partial charge is 0.475 e. The minimum absolute atomic E-state index is 0.0613. The molecule has 2 aromatic carbocycles. The molecule has 0 atom stereocenters. The summed E-state index contributed by atoms with van der Waals surface area (Å²) in [5, 5.41) is 22.5. The van der Waals surface area contributed by atoms with E-state index >= 15 is 0 Å². The van der Waals surface area contributed by atoms with Crippen LogP contribution >= 0.6 is 0 Å². The Morgan fingerprint density at radius 1 is 1.00 bits per heavy atom. The van der Waals surface area contributed by atoms with Crippen LogP contribution in [0.4, 0.5) is 0 Å². The van der Waals surface area contributed by atoms with Crippen LogP contribution in [0.25, 0.3) is 33.5 Å². The minimum Gasteiger partial charge on any atom is -0.475 e. The maximum absolute atomic E-state index is 11.5. The standard InChI is InChI=1S/C24H22N8O3/c1-4-34-24-21-20(23(28-29-24)35-15(3)33)25-14(2)32(21)13-16-9-11-17(12-10-16)18-7-5-6-8-19(18)22-26-30-31-27-22/h5-12H,4,13H2,1-3H3,(H,26,27,30,31). The highest BCUT2D eigenvalue weighted by Gasteiger charge is 2.21. The highest BCUT2D eigenvalue weighted by atomic mass is 16.5. The molecule has 0 saturated heterocycles. The van der Waals surface area contributed by atoms with E-state index in [1.165, 1.54) is 6.92 Å². The van der Waals surface area contributed by atoms with Crippen LogP contribution in [0.2, 0.25) is 0 Å². The number of aromatic amines is 1. The van der Waals surface area contributed by atoms with Gasteiger partial charge in [0.05, 0.1) is 6.61 Å². The molecule has 0 aliphatic carbocycles. The normalized spacial score (nSPS) is 11.1. The number of imidazole rings is 1. The van der Waals surface area contributed by atoms with E-state index < -0.39 is 5.97 Å². The molecule has 11 heteroatoms. The van der Waals surface area contributed by atoms with E-state index in [0.29, 0.717) is 35.9 Å². The summed E-state index contributed by atoms with van der Waals surface area (Å²) in [6.45, 7) is 5.98. The van der Waals surface area contributed by atoms with Gasteiger partial charge in [0, 0.05) is 19.0 Å². The summed E-state index contributed by atoms with van der Waals surface area (Å²) in [5.41, 5.74) is 5.03. The smallest absolute Gasteiger partial charge is 0.309 e. The molecule has 0 amide bonds. The van der Waals surface area contributed by atoms with E-state index in [1.54, 1.807) is 0 Å². The van der Waals surface area contributed by atoms with Crippen LogP contribution in [0.5, 0.6) is 11.8 Å². The molecule has 1 N–H and O–H groups in total. The van der Waals surface area contributed by atoms with Gasteiger partial charge in [-0.2, -0.15) is 5.21 Å². The van der Waals surface area contributed by atoms with Crippen molar-refractivity contribution < 1.29 is 14.3 Å². The number of rotatable bonds is 7. The molecule has 0 fully saturated rings. The van der Waals surface area contributed by atoms with Gasteiger partial charge in [-0.15, -0.1) is 20.4 Å². The number of aryl methyl sites for hydroxylation is 1. The highest BCUT2D eigenvalue weighted by molar-refractivity contribution is 5.87. The monoisotopic (exact) mass is 470 g/mol. The average molecular weight is 470 g/mol. The van der Waals surface area contributed by atoms with E-state index in [-0.39, 0.29) is 5.88 Å². The number of carbonyl (C=O) groups is 1. The van der Waals surface area contributed by atoms with Crippen LogP contribution in [-0.2, 0) is 11.3 Å². The van der Waals surface area contributed by atoms with E-state index in [4.69, 9.17) is 9.47 Å². The van der Waals surface area contributed by atoms with Crippen molar-refractivity contribution >= 4 is 17.0 Å². The maximum Gasteiger partial charge on any atom is 0.309 e. The number of H-pyrrole nitrogens is 1. The van der Waals surface area contributed by atoms with Crippen molar-refractivity contribution in [2.75, 3.05) is 6.61 Å². The summed E-state index contributed by atoms with van der Waals surface area (Å²) >= 11 is 0. The Hall–Kier alpha value is -4.67. The van der Waals surface area contributed by atoms with Gasteiger partial charge in [-0.25, -0.2) is 4.98 Å². The molecule has 5 rings (SSSR count). The van der Waals surface area contributed by atoms with Gasteiger partial charge in [-0.3, -0.25) is 4.79 Å². The molecule has 5 aromatic rings. The van der Waals surface area contributed by atoms with Crippen molar-refractivity contribution in [3.63, 3.8) is 0 Å². The Morgan fingerprint density at radius 2 is 1.74 bits per heavy atom. The summed E-state index contributed by atoms with van der Waals surface area (Å²) in [6, 6.07) is 16.1. The van der Waals surface area contributed by atoms with Crippen molar-refractivity contribution in [2.45, 2.75) is 27.3 Å². The number of nitrogens with one attached hydrogen (secondary N) is 1. The fourth-order valence-electron chi connectivity index (χ4n) is 3.93. The molecule has 0 bridgehead atoms. The zero-order valence-electron chi connectivity index (χ0n) is 19.4. The Labute approximate surface area is 200 Å². The Balaban J connectivity index is 1.51. The summed E-state index contributed by atoms with van der Waals surface area (Å²) in [5.74, 6) is 1.17. The molecular formula is C24H22N8O3. The first-order chi connectivity index (χ1) is 17.0. The van der Waals surface area contributed by atoms with Gasteiger partial charge in [-0.05, 0) is 35.8 Å². The lowest BCUT2D eigenvalue weighted by Crippen LogP contribution is -2.08. The van der Waals surface area contributed by atoms with Gasteiger partial charge in [0.15, 0.2) is 5.52 Å². The Kier molecular flexibility index (Phi) is 5.88. The van der Waals surface area contributed by atoms with Crippen LogP contribution in [0.1, 0.15) is 25.2 Å². The van der Waals surface area contributed by atoms with Crippen molar-refractivity contribution in [1.82, 2.24) is 40.4 Å². The number of fused-ring (bicyclic) bond motifs is 1. The number of aromatic nitrogens is 8. The van der Waals surface area contributed by atoms with Crippen LogP contribution in [-0.4, -0.2) is 52.9 Å². The number of esters is 1. The van der Waals surface area contributed by atoms with Crippen LogP contribution in [0.3, 0.4) is 0 Å². The first-order valence-corrected chi connectivity index (χ1v) is 11.0. The lowest BCUT2D eigenvalue weighted by Gasteiger charge is -2.12. The summed E-state index contributed by atoms with van der Waals surface area (Å²) in [7, 11) is 0. The molecule has 0 radical (unpaired) electrons. The molecule has 0 saturated carbocycles. The lowest BCUT2D eigenvalue weighted by atomic mass is 9.98. The van der Waals surface area contributed by atoms with Gasteiger partial charge >= 0.3 is 5.97 Å².